The molecule has 4 rings (SSSR count). The van der Waals surface area contributed by atoms with Crippen molar-refractivity contribution < 1.29 is 4.79 Å². The number of aryl methyl sites for hydroxylation is 1. The van der Waals surface area contributed by atoms with Gasteiger partial charge in [-0.05, 0) is 44.0 Å². The van der Waals surface area contributed by atoms with Crippen molar-refractivity contribution in [1.82, 2.24) is 19.7 Å². The molecule has 0 spiro atoms. The highest BCUT2D eigenvalue weighted by molar-refractivity contribution is 5.79. The molecule has 3 aromatic heterocycles. The van der Waals surface area contributed by atoms with Gasteiger partial charge in [-0.3, -0.25) is 4.79 Å². The van der Waals surface area contributed by atoms with Crippen LogP contribution in [-0.2, 0) is 11.2 Å². The van der Waals surface area contributed by atoms with Crippen molar-refractivity contribution in [3.8, 4) is 0 Å². The predicted molar refractivity (Wildman–Crippen MR) is 101 cm³/mol. The number of piperidine rings is 1. The number of carbonyl (C=O) groups is 1. The molecule has 0 bridgehead atoms. The van der Waals surface area contributed by atoms with Crippen molar-refractivity contribution in [2.45, 2.75) is 32.2 Å². The van der Waals surface area contributed by atoms with Gasteiger partial charge in [0.1, 0.15) is 11.5 Å². The zero-order valence-electron chi connectivity index (χ0n) is 14.9. The Labute approximate surface area is 152 Å². The third kappa shape index (κ3) is 3.40. The van der Waals surface area contributed by atoms with Crippen molar-refractivity contribution in [3.05, 3.63) is 60.2 Å². The number of fused-ring (bicyclic) bond motifs is 1. The zero-order valence-corrected chi connectivity index (χ0v) is 14.9. The van der Waals surface area contributed by atoms with E-state index >= 15 is 0 Å². The van der Waals surface area contributed by atoms with Crippen LogP contribution >= 0.6 is 0 Å². The molecule has 26 heavy (non-hydrogen) atoms. The van der Waals surface area contributed by atoms with Crippen LogP contribution in [0.5, 0.6) is 0 Å². The molecule has 0 radical (unpaired) electrons. The molecule has 1 unspecified atom stereocenters. The van der Waals surface area contributed by atoms with Crippen LogP contribution in [0.2, 0.25) is 0 Å². The van der Waals surface area contributed by atoms with Gasteiger partial charge < -0.3 is 14.6 Å². The number of pyridine rings is 2. The Kier molecular flexibility index (Phi) is 4.56. The van der Waals surface area contributed by atoms with Crippen LogP contribution < -0.4 is 10.2 Å². The van der Waals surface area contributed by atoms with Gasteiger partial charge in [0.05, 0.1) is 17.8 Å². The van der Waals surface area contributed by atoms with Gasteiger partial charge in [-0.1, -0.05) is 12.1 Å². The molecule has 0 aliphatic carbocycles. The number of carbonyl (C=O) groups excluding carboxylic acids is 1. The summed E-state index contributed by atoms with van der Waals surface area (Å²) in [5, 5.41) is 3.20. The maximum Gasteiger partial charge on any atom is 0.226 e. The van der Waals surface area contributed by atoms with E-state index in [0.717, 1.165) is 48.8 Å². The first-order chi connectivity index (χ1) is 12.7. The van der Waals surface area contributed by atoms with E-state index in [9.17, 15) is 4.79 Å². The summed E-state index contributed by atoms with van der Waals surface area (Å²) in [6.07, 6.45) is 6.17. The molecule has 1 aliphatic rings. The van der Waals surface area contributed by atoms with Crippen molar-refractivity contribution in [3.63, 3.8) is 0 Å². The Bertz CT molecular complexity index is 905. The number of amides is 1. The summed E-state index contributed by atoms with van der Waals surface area (Å²) in [5.74, 6) is 1.02. The number of hydrogen-bond acceptors (Lipinski definition) is 4. The number of rotatable bonds is 4. The molecule has 3 aromatic rings. The summed E-state index contributed by atoms with van der Waals surface area (Å²) in [4.78, 5) is 23.8. The van der Waals surface area contributed by atoms with Gasteiger partial charge in [0.15, 0.2) is 0 Å². The van der Waals surface area contributed by atoms with E-state index in [-0.39, 0.29) is 11.9 Å². The minimum Gasteiger partial charge on any atom is -0.355 e. The standard InChI is InChI=1S/C20H23N5O/c1-15-17(25-12-5-3-9-19(25)22-15)13-20(26)23-16-7-6-11-24(14-16)18-8-2-4-10-21-18/h2-5,8-10,12,16H,6-7,11,13-14H2,1H3,(H,23,26). The van der Waals surface area contributed by atoms with Crippen molar-refractivity contribution in [1.29, 1.82) is 0 Å². The smallest absolute Gasteiger partial charge is 0.226 e. The molecule has 1 aliphatic heterocycles. The van der Waals surface area contributed by atoms with Crippen molar-refractivity contribution in [2.75, 3.05) is 18.0 Å². The summed E-state index contributed by atoms with van der Waals surface area (Å²) in [7, 11) is 0. The molecule has 1 amide bonds. The fourth-order valence-corrected chi connectivity index (χ4v) is 3.65. The first-order valence-corrected chi connectivity index (χ1v) is 9.08. The van der Waals surface area contributed by atoms with Gasteiger partial charge in [0, 0.05) is 31.5 Å². The molecule has 134 valence electrons. The summed E-state index contributed by atoms with van der Waals surface area (Å²) >= 11 is 0. The minimum absolute atomic E-state index is 0.0478. The second kappa shape index (κ2) is 7.15. The monoisotopic (exact) mass is 349 g/mol. The fraction of sp³-hybridized carbons (Fsp3) is 0.350. The Hall–Kier alpha value is -2.89. The summed E-state index contributed by atoms with van der Waals surface area (Å²) in [6.45, 7) is 3.74. The van der Waals surface area contributed by atoms with Gasteiger partial charge in [-0.15, -0.1) is 0 Å². The highest BCUT2D eigenvalue weighted by Gasteiger charge is 2.23. The second-order valence-corrected chi connectivity index (χ2v) is 6.79. The number of aromatic nitrogens is 3. The van der Waals surface area contributed by atoms with E-state index < -0.39 is 0 Å². The summed E-state index contributed by atoms with van der Waals surface area (Å²) in [5.41, 5.74) is 2.74. The van der Waals surface area contributed by atoms with E-state index in [1.54, 1.807) is 0 Å². The maximum atomic E-state index is 12.6. The number of nitrogens with zero attached hydrogens (tertiary/aromatic N) is 4. The van der Waals surface area contributed by atoms with E-state index in [1.807, 2.05) is 60.1 Å². The fourth-order valence-electron chi connectivity index (χ4n) is 3.65. The first-order valence-electron chi connectivity index (χ1n) is 9.08. The van der Waals surface area contributed by atoms with Crippen LogP contribution in [0.3, 0.4) is 0 Å². The third-order valence-corrected chi connectivity index (χ3v) is 4.92. The zero-order chi connectivity index (χ0) is 17.9. The third-order valence-electron chi connectivity index (χ3n) is 4.92. The van der Waals surface area contributed by atoms with E-state index in [1.165, 1.54) is 0 Å². The molecule has 0 aromatic carbocycles. The number of imidazole rings is 1. The van der Waals surface area contributed by atoms with Crippen LogP contribution in [0.25, 0.3) is 5.65 Å². The number of anilines is 1. The van der Waals surface area contributed by atoms with E-state index in [2.05, 4.69) is 20.2 Å². The molecule has 1 fully saturated rings. The molecule has 1 saturated heterocycles. The van der Waals surface area contributed by atoms with Crippen LogP contribution in [0.4, 0.5) is 5.82 Å². The average molecular weight is 349 g/mol. The van der Waals surface area contributed by atoms with Crippen molar-refractivity contribution >= 4 is 17.4 Å². The quantitative estimate of drug-likeness (QED) is 0.785. The Morgan fingerprint density at radius 1 is 1.27 bits per heavy atom. The van der Waals surface area contributed by atoms with Gasteiger partial charge in [0.25, 0.3) is 0 Å². The molecule has 0 saturated carbocycles. The first kappa shape index (κ1) is 16.6. The summed E-state index contributed by atoms with van der Waals surface area (Å²) in [6, 6.07) is 12.0. The lowest BCUT2D eigenvalue weighted by atomic mass is 10.1. The Morgan fingerprint density at radius 2 is 2.15 bits per heavy atom. The average Bonchev–Trinajstić information content (AvgIpc) is 2.98. The van der Waals surface area contributed by atoms with Crippen LogP contribution in [0.1, 0.15) is 24.2 Å². The van der Waals surface area contributed by atoms with Gasteiger partial charge in [0.2, 0.25) is 5.91 Å². The van der Waals surface area contributed by atoms with Crippen LogP contribution in [-0.4, -0.2) is 39.4 Å². The van der Waals surface area contributed by atoms with Crippen LogP contribution in [0, 0.1) is 6.92 Å². The van der Waals surface area contributed by atoms with E-state index in [0.29, 0.717) is 6.42 Å². The molecule has 6 heteroatoms. The minimum atomic E-state index is 0.0478. The molecular weight excluding hydrogens is 326 g/mol. The maximum absolute atomic E-state index is 12.6. The Balaban J connectivity index is 1.42. The normalized spacial score (nSPS) is 17.4. The molecule has 1 N–H and O–H groups in total. The van der Waals surface area contributed by atoms with Gasteiger partial charge in [-0.25, -0.2) is 9.97 Å². The number of hydrogen-bond donors (Lipinski definition) is 1. The Morgan fingerprint density at radius 3 is 3.00 bits per heavy atom. The molecule has 6 nitrogen and oxygen atoms in total. The lowest BCUT2D eigenvalue weighted by Gasteiger charge is -2.34. The number of nitrogens with one attached hydrogen (secondary N) is 1. The van der Waals surface area contributed by atoms with Crippen LogP contribution in [0.15, 0.2) is 48.8 Å². The molecule has 4 heterocycles. The second-order valence-electron chi connectivity index (χ2n) is 6.79. The van der Waals surface area contributed by atoms with Gasteiger partial charge >= 0.3 is 0 Å². The SMILES string of the molecule is Cc1nc2ccccn2c1CC(=O)NC1CCCN(c2ccccn2)C1. The highest BCUT2D eigenvalue weighted by atomic mass is 16.1. The lowest BCUT2D eigenvalue weighted by Crippen LogP contribution is -2.48. The molecule has 1 atom stereocenters. The lowest BCUT2D eigenvalue weighted by molar-refractivity contribution is -0.121. The largest absolute Gasteiger partial charge is 0.355 e. The van der Waals surface area contributed by atoms with Crippen molar-refractivity contribution in [2.24, 2.45) is 0 Å². The predicted octanol–water partition coefficient (Wildman–Crippen LogP) is 2.37. The van der Waals surface area contributed by atoms with E-state index in [4.69, 9.17) is 0 Å². The molecular formula is C20H23N5O. The highest BCUT2D eigenvalue weighted by Crippen LogP contribution is 2.18. The van der Waals surface area contributed by atoms with Gasteiger partial charge in [-0.2, -0.15) is 0 Å². The topological polar surface area (TPSA) is 62.5 Å². The summed E-state index contributed by atoms with van der Waals surface area (Å²) < 4.78 is 2.00.